The first-order chi connectivity index (χ1) is 16.0. The number of carbonyl (C=O) groups excluding carboxylic acids is 1. The number of anilines is 1. The predicted octanol–water partition coefficient (Wildman–Crippen LogP) is 3.72. The Morgan fingerprint density at radius 3 is 2.70 bits per heavy atom. The molecule has 1 atom stereocenters. The van der Waals surface area contributed by atoms with Crippen LogP contribution in [0.15, 0.2) is 30.7 Å². The Kier molecular flexibility index (Phi) is 5.95. The Bertz CT molecular complexity index is 1020. The van der Waals surface area contributed by atoms with Crippen molar-refractivity contribution in [1.82, 2.24) is 19.8 Å². The van der Waals surface area contributed by atoms with Gasteiger partial charge >= 0.3 is 6.09 Å². The second-order valence-electron chi connectivity index (χ2n) is 9.75. The quantitative estimate of drug-likeness (QED) is 0.703. The molecular formula is C25H32FN5O2. The summed E-state index contributed by atoms with van der Waals surface area (Å²) < 4.78 is 19.2. The van der Waals surface area contributed by atoms with E-state index in [2.05, 4.69) is 19.8 Å². The zero-order valence-electron chi connectivity index (χ0n) is 19.5. The molecule has 176 valence electrons. The number of carbonyl (C=O) groups is 1. The molecule has 1 amide bonds. The molecule has 0 N–H and O–H groups in total. The number of nitrogens with zero attached hydrogens (tertiary/aromatic N) is 5. The largest absolute Gasteiger partial charge is 0.450 e. The molecule has 2 aromatic heterocycles. The van der Waals surface area contributed by atoms with Crippen molar-refractivity contribution >= 4 is 11.9 Å². The number of aryl methyl sites for hydroxylation is 1. The summed E-state index contributed by atoms with van der Waals surface area (Å²) in [7, 11) is 0. The highest BCUT2D eigenvalue weighted by atomic mass is 19.1. The predicted molar refractivity (Wildman–Crippen MR) is 125 cm³/mol. The molecule has 1 saturated carbocycles. The van der Waals surface area contributed by atoms with E-state index in [1.165, 1.54) is 19.0 Å². The number of halogens is 1. The van der Waals surface area contributed by atoms with Gasteiger partial charge < -0.3 is 14.5 Å². The molecule has 4 heterocycles. The average molecular weight is 454 g/mol. The minimum atomic E-state index is -0.331. The highest BCUT2D eigenvalue weighted by Crippen LogP contribution is 2.47. The fourth-order valence-electron chi connectivity index (χ4n) is 5.78. The summed E-state index contributed by atoms with van der Waals surface area (Å²) in [6.07, 6.45) is 8.23. The number of aromatic nitrogens is 2. The number of rotatable bonds is 4. The molecule has 5 rings (SSSR count). The molecule has 8 heteroatoms. The van der Waals surface area contributed by atoms with Crippen LogP contribution in [0, 0.1) is 18.2 Å². The summed E-state index contributed by atoms with van der Waals surface area (Å²) in [5.74, 6) is 0.498. The van der Waals surface area contributed by atoms with Crippen LogP contribution in [0.2, 0.25) is 0 Å². The molecule has 33 heavy (non-hydrogen) atoms. The third-order valence-corrected chi connectivity index (χ3v) is 7.40. The zero-order valence-corrected chi connectivity index (χ0v) is 19.5. The Hall–Kier alpha value is -2.74. The van der Waals surface area contributed by atoms with Crippen LogP contribution in [0.3, 0.4) is 0 Å². The van der Waals surface area contributed by atoms with Crippen molar-refractivity contribution in [3.05, 3.63) is 42.1 Å². The van der Waals surface area contributed by atoms with E-state index in [4.69, 9.17) is 4.74 Å². The van der Waals surface area contributed by atoms with Gasteiger partial charge in [0.15, 0.2) is 0 Å². The summed E-state index contributed by atoms with van der Waals surface area (Å²) in [4.78, 5) is 27.4. The molecule has 3 aliphatic rings. The van der Waals surface area contributed by atoms with E-state index < -0.39 is 0 Å². The maximum atomic E-state index is 14.1. The van der Waals surface area contributed by atoms with Gasteiger partial charge in [-0.2, -0.15) is 0 Å². The maximum absolute atomic E-state index is 14.1. The van der Waals surface area contributed by atoms with Crippen LogP contribution >= 0.6 is 0 Å². The summed E-state index contributed by atoms with van der Waals surface area (Å²) in [6.45, 7) is 9.59. The summed E-state index contributed by atoms with van der Waals surface area (Å²) in [6, 6.07) is 4.16. The smallest absolute Gasteiger partial charge is 0.409 e. The highest BCUT2D eigenvalue weighted by Gasteiger charge is 2.51. The number of ether oxygens (including phenoxy) is 1. The normalized spacial score (nSPS) is 22.5. The van der Waals surface area contributed by atoms with E-state index in [0.29, 0.717) is 12.6 Å². The van der Waals surface area contributed by atoms with Crippen LogP contribution in [-0.4, -0.2) is 77.8 Å². The van der Waals surface area contributed by atoms with Crippen LogP contribution in [0.25, 0.3) is 11.1 Å². The topological polar surface area (TPSA) is 61.8 Å². The van der Waals surface area contributed by atoms with Gasteiger partial charge in [0.25, 0.3) is 0 Å². The van der Waals surface area contributed by atoms with Crippen LogP contribution in [-0.2, 0) is 4.74 Å². The third-order valence-electron chi connectivity index (χ3n) is 7.40. The Morgan fingerprint density at radius 1 is 1.18 bits per heavy atom. The third kappa shape index (κ3) is 4.40. The SMILES string of the molecule is CCOC(=O)N1CC2(CC[C@@H](N3CCN(c4ncc(F)cc4-c4cncc(C)c4)CC3)C2)C1. The monoisotopic (exact) mass is 453 g/mol. The first-order valence-electron chi connectivity index (χ1n) is 11.9. The van der Waals surface area contributed by atoms with E-state index in [1.807, 2.05) is 24.8 Å². The van der Waals surface area contributed by atoms with Gasteiger partial charge in [0.05, 0.1) is 12.8 Å². The molecule has 3 fully saturated rings. The molecule has 2 aromatic rings. The molecule has 0 aromatic carbocycles. The van der Waals surface area contributed by atoms with Crippen LogP contribution in [0.4, 0.5) is 15.0 Å². The van der Waals surface area contributed by atoms with Crippen molar-refractivity contribution in [3.63, 3.8) is 0 Å². The Balaban J connectivity index is 1.21. The minimum absolute atomic E-state index is 0.174. The van der Waals surface area contributed by atoms with Crippen molar-refractivity contribution in [3.8, 4) is 11.1 Å². The molecule has 0 bridgehead atoms. The van der Waals surface area contributed by atoms with Crippen LogP contribution in [0.1, 0.15) is 31.7 Å². The van der Waals surface area contributed by atoms with E-state index in [9.17, 15) is 9.18 Å². The number of pyridine rings is 2. The van der Waals surface area contributed by atoms with E-state index >= 15 is 0 Å². The fraction of sp³-hybridized carbons (Fsp3) is 0.560. The Morgan fingerprint density at radius 2 is 1.97 bits per heavy atom. The van der Waals surface area contributed by atoms with Crippen molar-refractivity contribution in [2.45, 2.75) is 39.2 Å². The molecule has 7 nitrogen and oxygen atoms in total. The molecule has 2 aliphatic heterocycles. The van der Waals surface area contributed by atoms with Gasteiger partial charge in [-0.15, -0.1) is 0 Å². The van der Waals surface area contributed by atoms with E-state index in [-0.39, 0.29) is 17.3 Å². The number of likely N-dealkylation sites (tertiary alicyclic amines) is 1. The summed E-state index contributed by atoms with van der Waals surface area (Å²) >= 11 is 0. The van der Waals surface area contributed by atoms with Gasteiger partial charge in [-0.3, -0.25) is 9.88 Å². The standard InChI is InChI=1S/C25H32FN5O2/c1-3-33-24(32)31-16-25(17-31)5-4-21(12-25)29-6-8-30(9-7-29)23-22(11-20(26)15-28-23)19-10-18(2)13-27-14-19/h10-11,13-15,21H,3-9,12,16-17H2,1-2H3/t21-/m1/s1. The van der Waals surface area contributed by atoms with Gasteiger partial charge in [-0.25, -0.2) is 14.2 Å². The first kappa shape index (κ1) is 22.1. The molecule has 1 aliphatic carbocycles. The lowest BCUT2D eigenvalue weighted by atomic mass is 9.78. The summed E-state index contributed by atoms with van der Waals surface area (Å²) in [5, 5.41) is 0. The van der Waals surface area contributed by atoms with Crippen molar-refractivity contribution in [1.29, 1.82) is 0 Å². The van der Waals surface area contributed by atoms with Crippen molar-refractivity contribution < 1.29 is 13.9 Å². The lowest BCUT2D eigenvalue weighted by Crippen LogP contribution is -2.58. The van der Waals surface area contributed by atoms with Gasteiger partial charge in [-0.05, 0) is 50.8 Å². The highest BCUT2D eigenvalue weighted by molar-refractivity contribution is 5.75. The second-order valence-corrected chi connectivity index (χ2v) is 9.75. The lowest BCUT2D eigenvalue weighted by molar-refractivity contribution is -0.00294. The van der Waals surface area contributed by atoms with E-state index in [1.54, 1.807) is 18.5 Å². The second kappa shape index (κ2) is 8.89. The molecule has 2 saturated heterocycles. The zero-order chi connectivity index (χ0) is 23.0. The number of amides is 1. The first-order valence-corrected chi connectivity index (χ1v) is 11.9. The van der Waals surface area contributed by atoms with Gasteiger partial charge in [-0.1, -0.05) is 0 Å². The van der Waals surface area contributed by atoms with E-state index in [0.717, 1.165) is 68.2 Å². The molecular weight excluding hydrogens is 421 g/mol. The lowest BCUT2D eigenvalue weighted by Gasteiger charge is -2.48. The maximum Gasteiger partial charge on any atom is 0.409 e. The number of piperazine rings is 1. The number of hydrogen-bond acceptors (Lipinski definition) is 6. The van der Waals surface area contributed by atoms with Crippen molar-refractivity contribution in [2.24, 2.45) is 5.41 Å². The van der Waals surface area contributed by atoms with Gasteiger partial charge in [0.1, 0.15) is 11.6 Å². The number of hydrogen-bond donors (Lipinski definition) is 0. The minimum Gasteiger partial charge on any atom is -0.450 e. The molecule has 0 unspecified atom stereocenters. The fourth-order valence-corrected chi connectivity index (χ4v) is 5.78. The average Bonchev–Trinajstić information content (AvgIpc) is 3.24. The van der Waals surface area contributed by atoms with Crippen LogP contribution in [0.5, 0.6) is 0 Å². The van der Waals surface area contributed by atoms with Crippen LogP contribution < -0.4 is 4.90 Å². The van der Waals surface area contributed by atoms with Gasteiger partial charge in [0, 0.05) is 74.2 Å². The molecule has 1 spiro atoms. The molecule has 0 radical (unpaired) electrons. The summed E-state index contributed by atoms with van der Waals surface area (Å²) in [5.41, 5.74) is 3.01. The van der Waals surface area contributed by atoms with Crippen molar-refractivity contribution in [2.75, 3.05) is 50.8 Å². The van der Waals surface area contributed by atoms with Gasteiger partial charge in [0.2, 0.25) is 0 Å². The Labute approximate surface area is 194 Å².